The first-order valence-corrected chi connectivity index (χ1v) is 8.74. The topological polar surface area (TPSA) is 29.9 Å². The van der Waals surface area contributed by atoms with Crippen LogP contribution in [0.1, 0.15) is 57.4 Å². The molecule has 23 heavy (non-hydrogen) atoms. The maximum Gasteiger partial charge on any atom is 0.0537 e. The molecule has 2 rings (SSSR count). The maximum absolute atomic E-state index is 4.48. The van der Waals surface area contributed by atoms with Gasteiger partial charge in [0.05, 0.1) is 6.20 Å². The number of aryl methyl sites for hydroxylation is 1. The second kappa shape index (κ2) is 7.78. The highest BCUT2D eigenvalue weighted by Crippen LogP contribution is 2.28. The molecule has 0 saturated heterocycles. The lowest BCUT2D eigenvalue weighted by Crippen LogP contribution is -2.33. The Bertz CT molecular complexity index is 599. The van der Waals surface area contributed by atoms with Crippen molar-refractivity contribution in [1.29, 1.82) is 0 Å². The Hall–Kier alpha value is -1.61. The predicted octanol–water partition coefficient (Wildman–Crippen LogP) is 4.45. The molecule has 0 bridgehead atoms. The van der Waals surface area contributed by atoms with Crippen molar-refractivity contribution in [3.63, 3.8) is 0 Å². The van der Waals surface area contributed by atoms with Gasteiger partial charge >= 0.3 is 0 Å². The third-order valence-corrected chi connectivity index (χ3v) is 4.65. The van der Waals surface area contributed by atoms with Gasteiger partial charge in [-0.05, 0) is 37.7 Å². The monoisotopic (exact) mass is 313 g/mol. The average Bonchev–Trinajstić information content (AvgIpc) is 2.87. The summed E-state index contributed by atoms with van der Waals surface area (Å²) < 4.78 is 2.11. The van der Waals surface area contributed by atoms with Crippen LogP contribution in [0.25, 0.3) is 0 Å². The van der Waals surface area contributed by atoms with Crippen molar-refractivity contribution in [3.05, 3.63) is 53.3 Å². The molecule has 126 valence electrons. The summed E-state index contributed by atoms with van der Waals surface area (Å²) in [6, 6.07) is 11.2. The van der Waals surface area contributed by atoms with E-state index in [-0.39, 0.29) is 5.41 Å². The average molecular weight is 313 g/mol. The predicted molar refractivity (Wildman–Crippen MR) is 97.6 cm³/mol. The Morgan fingerprint density at radius 2 is 1.91 bits per heavy atom. The van der Waals surface area contributed by atoms with Crippen LogP contribution >= 0.6 is 0 Å². The van der Waals surface area contributed by atoms with Gasteiger partial charge in [0.1, 0.15) is 0 Å². The van der Waals surface area contributed by atoms with Crippen LogP contribution in [0.5, 0.6) is 0 Å². The number of hydrogen-bond acceptors (Lipinski definition) is 2. The second-order valence-corrected chi connectivity index (χ2v) is 7.21. The van der Waals surface area contributed by atoms with Crippen LogP contribution in [-0.2, 0) is 18.5 Å². The number of nitrogens with one attached hydrogen (secondary N) is 1. The van der Waals surface area contributed by atoms with Crippen molar-refractivity contribution in [2.45, 2.75) is 72.0 Å². The van der Waals surface area contributed by atoms with Gasteiger partial charge in [-0.2, -0.15) is 5.10 Å². The van der Waals surface area contributed by atoms with Crippen LogP contribution in [0.4, 0.5) is 0 Å². The molecule has 0 saturated carbocycles. The summed E-state index contributed by atoms with van der Waals surface area (Å²) in [6.07, 6.45) is 4.24. The molecule has 2 aromatic rings. The van der Waals surface area contributed by atoms with E-state index < -0.39 is 0 Å². The molecular weight excluding hydrogens is 282 g/mol. The Morgan fingerprint density at radius 1 is 1.22 bits per heavy atom. The molecule has 1 atom stereocenters. The summed E-state index contributed by atoms with van der Waals surface area (Å²) >= 11 is 0. The highest BCUT2D eigenvalue weighted by molar-refractivity contribution is 5.23. The summed E-state index contributed by atoms with van der Waals surface area (Å²) in [6.45, 7) is 13.2. The zero-order valence-electron chi connectivity index (χ0n) is 15.3. The first kappa shape index (κ1) is 17.7. The molecule has 0 aliphatic rings. The molecule has 0 fully saturated rings. The fourth-order valence-corrected chi connectivity index (χ4v) is 3.22. The Balaban J connectivity index is 1.91. The summed E-state index contributed by atoms with van der Waals surface area (Å²) in [4.78, 5) is 0. The molecule has 0 amide bonds. The number of rotatable bonds is 8. The van der Waals surface area contributed by atoms with E-state index in [1.165, 1.54) is 16.8 Å². The summed E-state index contributed by atoms with van der Waals surface area (Å²) in [5, 5.41) is 8.15. The molecular formula is C20H31N3. The first-order valence-electron chi connectivity index (χ1n) is 8.74. The van der Waals surface area contributed by atoms with Gasteiger partial charge in [0.15, 0.2) is 0 Å². The Labute approximate surface area is 141 Å². The van der Waals surface area contributed by atoms with E-state index in [0.29, 0.717) is 6.04 Å². The molecule has 1 N–H and O–H groups in total. The van der Waals surface area contributed by atoms with E-state index in [1.54, 1.807) is 0 Å². The van der Waals surface area contributed by atoms with Crippen LogP contribution < -0.4 is 5.32 Å². The quantitative estimate of drug-likeness (QED) is 0.780. The van der Waals surface area contributed by atoms with E-state index in [9.17, 15) is 0 Å². The first-order chi connectivity index (χ1) is 10.9. The summed E-state index contributed by atoms with van der Waals surface area (Å²) in [5.41, 5.74) is 4.17. The standard InChI is InChI=1S/C20H31N3/c1-6-12-23-17(3)18(15-22-23)14-21-16(2)13-20(4,5)19-10-8-7-9-11-19/h7-11,15-16,21H,6,12-14H2,1-5H3. The van der Waals surface area contributed by atoms with E-state index in [4.69, 9.17) is 0 Å². The Morgan fingerprint density at radius 3 is 2.57 bits per heavy atom. The van der Waals surface area contributed by atoms with E-state index in [0.717, 1.165) is 25.9 Å². The third-order valence-electron chi connectivity index (χ3n) is 4.65. The molecule has 3 heteroatoms. The van der Waals surface area contributed by atoms with Crippen LogP contribution in [-0.4, -0.2) is 15.8 Å². The van der Waals surface area contributed by atoms with Gasteiger partial charge in [-0.25, -0.2) is 0 Å². The van der Waals surface area contributed by atoms with Gasteiger partial charge in [-0.15, -0.1) is 0 Å². The lowest BCUT2D eigenvalue weighted by molar-refractivity contribution is 0.388. The molecule has 0 spiro atoms. The van der Waals surface area contributed by atoms with Crippen molar-refractivity contribution in [1.82, 2.24) is 15.1 Å². The summed E-state index contributed by atoms with van der Waals surface area (Å²) in [5.74, 6) is 0. The number of nitrogens with zero attached hydrogens (tertiary/aromatic N) is 2. The van der Waals surface area contributed by atoms with Gasteiger partial charge in [-0.3, -0.25) is 4.68 Å². The smallest absolute Gasteiger partial charge is 0.0537 e. The molecule has 1 unspecified atom stereocenters. The van der Waals surface area contributed by atoms with E-state index >= 15 is 0 Å². The lowest BCUT2D eigenvalue weighted by Gasteiger charge is -2.29. The van der Waals surface area contributed by atoms with Crippen molar-refractivity contribution in [3.8, 4) is 0 Å². The van der Waals surface area contributed by atoms with Gasteiger partial charge < -0.3 is 5.32 Å². The molecule has 0 aliphatic carbocycles. The molecule has 0 aliphatic heterocycles. The highest BCUT2D eigenvalue weighted by Gasteiger charge is 2.23. The van der Waals surface area contributed by atoms with Gasteiger partial charge in [0, 0.05) is 30.4 Å². The molecule has 1 heterocycles. The highest BCUT2D eigenvalue weighted by atomic mass is 15.3. The minimum absolute atomic E-state index is 0.176. The zero-order chi connectivity index (χ0) is 16.9. The Kier molecular flexibility index (Phi) is 6.00. The van der Waals surface area contributed by atoms with Crippen LogP contribution in [0.15, 0.2) is 36.5 Å². The van der Waals surface area contributed by atoms with Crippen molar-refractivity contribution in [2.75, 3.05) is 0 Å². The normalized spacial score (nSPS) is 13.3. The van der Waals surface area contributed by atoms with E-state index in [2.05, 4.69) is 80.0 Å². The van der Waals surface area contributed by atoms with Crippen molar-refractivity contribution >= 4 is 0 Å². The van der Waals surface area contributed by atoms with Crippen molar-refractivity contribution in [2.24, 2.45) is 0 Å². The minimum Gasteiger partial charge on any atom is -0.310 e. The number of hydrogen-bond donors (Lipinski definition) is 1. The molecule has 3 nitrogen and oxygen atoms in total. The third kappa shape index (κ3) is 4.68. The van der Waals surface area contributed by atoms with Crippen LogP contribution in [0, 0.1) is 6.92 Å². The summed E-state index contributed by atoms with van der Waals surface area (Å²) in [7, 11) is 0. The van der Waals surface area contributed by atoms with Crippen LogP contribution in [0.2, 0.25) is 0 Å². The SMILES string of the molecule is CCCn1ncc(CNC(C)CC(C)(C)c2ccccc2)c1C. The zero-order valence-corrected chi connectivity index (χ0v) is 15.3. The van der Waals surface area contributed by atoms with Crippen LogP contribution in [0.3, 0.4) is 0 Å². The number of aromatic nitrogens is 2. The van der Waals surface area contributed by atoms with Gasteiger partial charge in [0.2, 0.25) is 0 Å². The van der Waals surface area contributed by atoms with E-state index in [1.807, 2.05) is 6.20 Å². The fraction of sp³-hybridized carbons (Fsp3) is 0.550. The second-order valence-electron chi connectivity index (χ2n) is 7.21. The fourth-order valence-electron chi connectivity index (χ4n) is 3.22. The van der Waals surface area contributed by atoms with Gasteiger partial charge in [-0.1, -0.05) is 51.1 Å². The lowest BCUT2D eigenvalue weighted by atomic mass is 9.79. The van der Waals surface area contributed by atoms with Gasteiger partial charge in [0.25, 0.3) is 0 Å². The number of benzene rings is 1. The minimum atomic E-state index is 0.176. The maximum atomic E-state index is 4.48. The molecule has 0 radical (unpaired) electrons. The van der Waals surface area contributed by atoms with Crippen molar-refractivity contribution < 1.29 is 0 Å². The largest absolute Gasteiger partial charge is 0.310 e. The molecule has 1 aromatic heterocycles. The molecule has 1 aromatic carbocycles.